The van der Waals surface area contributed by atoms with Crippen LogP contribution >= 0.6 is 0 Å². The Balaban J connectivity index is 2.82. The lowest BCUT2D eigenvalue weighted by Gasteiger charge is -2.23. The summed E-state index contributed by atoms with van der Waals surface area (Å²) in [6, 6.07) is 9.59. The molecule has 0 spiro atoms. The number of nitrogens with two attached hydrogens (primary N) is 1. The quantitative estimate of drug-likeness (QED) is 0.825. The number of amides is 1. The van der Waals surface area contributed by atoms with Gasteiger partial charge in [0.25, 0.3) is 0 Å². The number of carbonyl (C=O) groups excluding carboxylic acids is 1. The SMILES string of the molecule is CC(C)CN(CC(N)=O)Cc1ccccc1C#N. The van der Waals surface area contributed by atoms with Gasteiger partial charge in [0.15, 0.2) is 0 Å². The van der Waals surface area contributed by atoms with Crippen LogP contribution in [0.15, 0.2) is 24.3 Å². The zero-order valence-corrected chi connectivity index (χ0v) is 10.9. The number of primary amides is 1. The predicted octanol–water partition coefficient (Wildman–Crippen LogP) is 1.50. The Labute approximate surface area is 108 Å². The van der Waals surface area contributed by atoms with Gasteiger partial charge in [-0.3, -0.25) is 9.69 Å². The molecule has 1 aromatic rings. The van der Waals surface area contributed by atoms with E-state index in [0.717, 1.165) is 12.1 Å². The second kappa shape index (κ2) is 6.77. The van der Waals surface area contributed by atoms with E-state index in [2.05, 4.69) is 19.9 Å². The van der Waals surface area contributed by atoms with Gasteiger partial charge in [0.2, 0.25) is 5.91 Å². The van der Waals surface area contributed by atoms with Gasteiger partial charge >= 0.3 is 0 Å². The summed E-state index contributed by atoms with van der Waals surface area (Å²) in [6.45, 7) is 5.75. The number of hydrogen-bond donors (Lipinski definition) is 1. The third-order valence-corrected chi connectivity index (χ3v) is 2.53. The Bertz CT molecular complexity index is 449. The lowest BCUT2D eigenvalue weighted by molar-refractivity contribution is -0.119. The molecule has 1 rings (SSSR count). The van der Waals surface area contributed by atoms with Gasteiger partial charge in [-0.25, -0.2) is 0 Å². The summed E-state index contributed by atoms with van der Waals surface area (Å²) in [5, 5.41) is 9.03. The van der Waals surface area contributed by atoms with E-state index in [0.29, 0.717) is 18.0 Å². The van der Waals surface area contributed by atoms with Crippen LogP contribution in [0.25, 0.3) is 0 Å². The topological polar surface area (TPSA) is 70.1 Å². The van der Waals surface area contributed by atoms with Crippen molar-refractivity contribution in [3.8, 4) is 6.07 Å². The second-order valence-corrected chi connectivity index (χ2v) is 4.80. The molecule has 0 unspecified atom stereocenters. The molecule has 0 aromatic heterocycles. The molecule has 0 aliphatic heterocycles. The van der Waals surface area contributed by atoms with Crippen molar-refractivity contribution in [1.82, 2.24) is 4.90 Å². The molecule has 0 atom stereocenters. The van der Waals surface area contributed by atoms with Crippen LogP contribution in [-0.2, 0) is 11.3 Å². The van der Waals surface area contributed by atoms with Crippen LogP contribution < -0.4 is 5.73 Å². The fourth-order valence-corrected chi connectivity index (χ4v) is 1.93. The van der Waals surface area contributed by atoms with E-state index in [4.69, 9.17) is 11.0 Å². The van der Waals surface area contributed by atoms with Gasteiger partial charge in [0.05, 0.1) is 18.2 Å². The molecule has 2 N–H and O–H groups in total. The highest BCUT2D eigenvalue weighted by molar-refractivity contribution is 5.75. The third kappa shape index (κ3) is 4.56. The lowest BCUT2D eigenvalue weighted by atomic mass is 10.1. The molecule has 0 bridgehead atoms. The van der Waals surface area contributed by atoms with E-state index in [1.807, 2.05) is 23.1 Å². The standard InChI is InChI=1S/C14H19N3O/c1-11(2)8-17(10-14(16)18)9-13-6-4-3-5-12(13)7-15/h3-6,11H,8-10H2,1-2H3,(H2,16,18). The molecule has 0 aliphatic carbocycles. The first-order valence-corrected chi connectivity index (χ1v) is 6.01. The van der Waals surface area contributed by atoms with Crippen LogP contribution in [-0.4, -0.2) is 23.9 Å². The third-order valence-electron chi connectivity index (χ3n) is 2.53. The van der Waals surface area contributed by atoms with Crippen LogP contribution in [0.1, 0.15) is 25.0 Å². The van der Waals surface area contributed by atoms with Gasteiger partial charge < -0.3 is 5.73 Å². The summed E-state index contributed by atoms with van der Waals surface area (Å²) < 4.78 is 0. The summed E-state index contributed by atoms with van der Waals surface area (Å²) in [7, 11) is 0. The van der Waals surface area contributed by atoms with E-state index >= 15 is 0 Å². The maximum absolute atomic E-state index is 11.1. The first kappa shape index (κ1) is 14.2. The monoisotopic (exact) mass is 245 g/mol. The van der Waals surface area contributed by atoms with Crippen LogP contribution in [0.3, 0.4) is 0 Å². The lowest BCUT2D eigenvalue weighted by Crippen LogP contribution is -2.35. The highest BCUT2D eigenvalue weighted by atomic mass is 16.1. The van der Waals surface area contributed by atoms with E-state index in [-0.39, 0.29) is 12.5 Å². The van der Waals surface area contributed by atoms with Gasteiger partial charge in [-0.15, -0.1) is 0 Å². The molecular formula is C14H19N3O. The maximum Gasteiger partial charge on any atom is 0.231 e. The van der Waals surface area contributed by atoms with Crippen molar-refractivity contribution >= 4 is 5.91 Å². The Kier molecular flexibility index (Phi) is 5.34. The molecule has 0 fully saturated rings. The molecule has 4 heteroatoms. The Morgan fingerprint density at radius 1 is 1.44 bits per heavy atom. The van der Waals surface area contributed by atoms with Gasteiger partial charge in [-0.2, -0.15) is 5.26 Å². The largest absolute Gasteiger partial charge is 0.369 e. The number of benzene rings is 1. The highest BCUT2D eigenvalue weighted by Gasteiger charge is 2.12. The fraction of sp³-hybridized carbons (Fsp3) is 0.429. The van der Waals surface area contributed by atoms with Gasteiger partial charge in [0, 0.05) is 13.1 Å². The molecule has 0 heterocycles. The molecule has 18 heavy (non-hydrogen) atoms. The smallest absolute Gasteiger partial charge is 0.231 e. The molecular weight excluding hydrogens is 226 g/mol. The van der Waals surface area contributed by atoms with Crippen molar-refractivity contribution in [2.75, 3.05) is 13.1 Å². The van der Waals surface area contributed by atoms with E-state index < -0.39 is 0 Å². The number of nitriles is 1. The first-order valence-electron chi connectivity index (χ1n) is 6.01. The maximum atomic E-state index is 11.1. The van der Waals surface area contributed by atoms with Crippen LogP contribution in [0.2, 0.25) is 0 Å². The first-order chi connectivity index (χ1) is 8.52. The molecule has 96 valence electrons. The molecule has 0 radical (unpaired) electrons. The summed E-state index contributed by atoms with van der Waals surface area (Å²) in [4.78, 5) is 13.0. The Morgan fingerprint density at radius 2 is 2.11 bits per heavy atom. The van der Waals surface area contributed by atoms with Crippen molar-refractivity contribution in [3.05, 3.63) is 35.4 Å². The van der Waals surface area contributed by atoms with Crippen molar-refractivity contribution in [2.45, 2.75) is 20.4 Å². The summed E-state index contributed by atoms with van der Waals surface area (Å²) in [6.07, 6.45) is 0. The molecule has 0 saturated heterocycles. The molecule has 0 aliphatic rings. The van der Waals surface area contributed by atoms with Crippen molar-refractivity contribution in [1.29, 1.82) is 5.26 Å². The van der Waals surface area contributed by atoms with E-state index in [1.54, 1.807) is 6.07 Å². The van der Waals surface area contributed by atoms with Crippen molar-refractivity contribution in [2.24, 2.45) is 11.7 Å². The van der Waals surface area contributed by atoms with Crippen molar-refractivity contribution in [3.63, 3.8) is 0 Å². The number of nitrogens with zero attached hydrogens (tertiary/aromatic N) is 2. The van der Waals surface area contributed by atoms with Gasteiger partial charge in [0.1, 0.15) is 0 Å². The number of hydrogen-bond acceptors (Lipinski definition) is 3. The molecule has 1 aromatic carbocycles. The van der Waals surface area contributed by atoms with E-state index in [9.17, 15) is 4.79 Å². The molecule has 4 nitrogen and oxygen atoms in total. The average molecular weight is 245 g/mol. The summed E-state index contributed by atoms with van der Waals surface area (Å²) >= 11 is 0. The minimum atomic E-state index is -0.343. The predicted molar refractivity (Wildman–Crippen MR) is 70.5 cm³/mol. The van der Waals surface area contributed by atoms with Gasteiger partial charge in [-0.1, -0.05) is 32.0 Å². The van der Waals surface area contributed by atoms with Gasteiger partial charge in [-0.05, 0) is 17.5 Å². The summed E-state index contributed by atoms with van der Waals surface area (Å²) in [5.41, 5.74) is 6.83. The average Bonchev–Trinajstić information content (AvgIpc) is 2.27. The van der Waals surface area contributed by atoms with Crippen LogP contribution in [0.5, 0.6) is 0 Å². The van der Waals surface area contributed by atoms with Crippen molar-refractivity contribution < 1.29 is 4.79 Å². The zero-order chi connectivity index (χ0) is 13.5. The normalized spacial score (nSPS) is 10.6. The zero-order valence-electron chi connectivity index (χ0n) is 10.9. The van der Waals surface area contributed by atoms with Crippen LogP contribution in [0, 0.1) is 17.2 Å². The second-order valence-electron chi connectivity index (χ2n) is 4.80. The minimum absolute atomic E-state index is 0.220. The highest BCUT2D eigenvalue weighted by Crippen LogP contribution is 2.11. The minimum Gasteiger partial charge on any atom is -0.369 e. The van der Waals surface area contributed by atoms with E-state index in [1.165, 1.54) is 0 Å². The molecule has 1 amide bonds. The van der Waals surface area contributed by atoms with Crippen LogP contribution in [0.4, 0.5) is 0 Å². The number of rotatable bonds is 6. The summed E-state index contributed by atoms with van der Waals surface area (Å²) in [5.74, 6) is 0.101. The Morgan fingerprint density at radius 3 is 2.67 bits per heavy atom. The fourth-order valence-electron chi connectivity index (χ4n) is 1.93. The number of carbonyl (C=O) groups is 1. The Hall–Kier alpha value is -1.86. The molecule has 0 saturated carbocycles.